The third-order valence-corrected chi connectivity index (χ3v) is 5.75. The molecule has 1 aliphatic carbocycles. The van der Waals surface area contributed by atoms with Gasteiger partial charge in [-0.15, -0.1) is 0 Å². The normalized spacial score (nSPS) is 14.0. The molecule has 5 nitrogen and oxygen atoms in total. The average Bonchev–Trinajstić information content (AvgIpc) is 3.28. The van der Waals surface area contributed by atoms with E-state index in [0.717, 1.165) is 34.6 Å². The fraction of sp³-hybridized carbons (Fsp3) is 0.320. The highest BCUT2D eigenvalue weighted by atomic mass is 16.1. The summed E-state index contributed by atoms with van der Waals surface area (Å²) in [5.74, 6) is 1.18. The number of carbonyl (C=O) groups excluding carboxylic acids is 1. The van der Waals surface area contributed by atoms with Gasteiger partial charge in [0.15, 0.2) is 5.82 Å². The number of aryl methyl sites for hydroxylation is 1. The number of nitrogen functional groups attached to an aromatic ring is 1. The number of carbonyl (C=O) groups is 1. The number of anilines is 2. The van der Waals surface area contributed by atoms with Gasteiger partial charge in [0, 0.05) is 17.7 Å². The molecule has 0 aliphatic heterocycles. The smallest absolute Gasteiger partial charge is 0.225 e. The van der Waals surface area contributed by atoms with Crippen LogP contribution in [0.25, 0.3) is 11.3 Å². The summed E-state index contributed by atoms with van der Waals surface area (Å²) in [5, 5.41) is 3.01. The minimum absolute atomic E-state index is 0.0268. The van der Waals surface area contributed by atoms with E-state index < -0.39 is 0 Å². The molecule has 5 heteroatoms. The van der Waals surface area contributed by atoms with Crippen molar-refractivity contribution in [1.29, 1.82) is 0 Å². The summed E-state index contributed by atoms with van der Waals surface area (Å²) >= 11 is 0. The number of rotatable bonds is 7. The molecule has 2 aromatic carbocycles. The molecule has 0 spiro atoms. The van der Waals surface area contributed by atoms with Crippen molar-refractivity contribution in [3.05, 3.63) is 72.1 Å². The predicted molar refractivity (Wildman–Crippen MR) is 121 cm³/mol. The number of hydrogen-bond acceptors (Lipinski definition) is 4. The van der Waals surface area contributed by atoms with Crippen molar-refractivity contribution in [3.63, 3.8) is 0 Å². The fourth-order valence-corrected chi connectivity index (χ4v) is 4.05. The number of aromatic nitrogens is 2. The van der Waals surface area contributed by atoms with Gasteiger partial charge < -0.3 is 11.1 Å². The lowest BCUT2D eigenvalue weighted by atomic mass is 10.0. The Bertz CT molecular complexity index is 980. The lowest BCUT2D eigenvalue weighted by molar-refractivity contribution is -0.116. The third kappa shape index (κ3) is 5.23. The molecule has 1 fully saturated rings. The molecule has 0 saturated heterocycles. The zero-order valence-corrected chi connectivity index (χ0v) is 17.2. The van der Waals surface area contributed by atoms with Crippen LogP contribution < -0.4 is 11.1 Å². The predicted octanol–water partition coefficient (Wildman–Crippen LogP) is 5.03. The van der Waals surface area contributed by atoms with Gasteiger partial charge in [-0.2, -0.15) is 0 Å². The lowest BCUT2D eigenvalue weighted by Crippen LogP contribution is -2.17. The highest BCUT2D eigenvalue weighted by Gasteiger charge is 2.20. The topological polar surface area (TPSA) is 80.9 Å². The second-order valence-corrected chi connectivity index (χ2v) is 8.06. The summed E-state index contributed by atoms with van der Waals surface area (Å²) in [6.45, 7) is 0. The molecule has 1 amide bonds. The highest BCUT2D eigenvalue weighted by Crippen LogP contribution is 2.30. The van der Waals surface area contributed by atoms with Crippen molar-refractivity contribution in [3.8, 4) is 11.3 Å². The van der Waals surface area contributed by atoms with Crippen LogP contribution in [-0.4, -0.2) is 15.9 Å². The van der Waals surface area contributed by atoms with Crippen molar-refractivity contribution in [2.24, 2.45) is 5.92 Å². The van der Waals surface area contributed by atoms with E-state index in [-0.39, 0.29) is 5.91 Å². The maximum absolute atomic E-state index is 12.6. The van der Waals surface area contributed by atoms with Gasteiger partial charge in [-0.25, -0.2) is 9.97 Å². The monoisotopic (exact) mass is 400 g/mol. The Morgan fingerprint density at radius 1 is 1.03 bits per heavy atom. The quantitative estimate of drug-likeness (QED) is 0.545. The molecule has 1 heterocycles. The zero-order chi connectivity index (χ0) is 20.8. The number of hydrogen-bond donors (Lipinski definition) is 2. The maximum Gasteiger partial charge on any atom is 0.225 e. The Morgan fingerprint density at radius 3 is 2.50 bits per heavy atom. The SMILES string of the molecule is Nc1ccc(-c2cnc(NC(=O)CCc3ccccc3)c(CC3CCCC3)n2)cc1. The molecule has 0 radical (unpaired) electrons. The second-order valence-electron chi connectivity index (χ2n) is 8.06. The molecule has 0 unspecified atom stereocenters. The first-order valence-corrected chi connectivity index (χ1v) is 10.7. The largest absolute Gasteiger partial charge is 0.399 e. The molecule has 154 valence electrons. The van der Waals surface area contributed by atoms with Gasteiger partial charge in [-0.3, -0.25) is 4.79 Å². The van der Waals surface area contributed by atoms with Crippen molar-refractivity contribution >= 4 is 17.4 Å². The van der Waals surface area contributed by atoms with Gasteiger partial charge >= 0.3 is 0 Å². The van der Waals surface area contributed by atoms with Crippen LogP contribution in [0, 0.1) is 5.92 Å². The van der Waals surface area contributed by atoms with Crippen LogP contribution in [0.3, 0.4) is 0 Å². The third-order valence-electron chi connectivity index (χ3n) is 5.75. The molecule has 0 bridgehead atoms. The van der Waals surface area contributed by atoms with Crippen LogP contribution in [0.2, 0.25) is 0 Å². The van der Waals surface area contributed by atoms with E-state index in [2.05, 4.69) is 10.3 Å². The van der Waals surface area contributed by atoms with E-state index in [9.17, 15) is 4.79 Å². The van der Waals surface area contributed by atoms with Crippen LogP contribution in [0.15, 0.2) is 60.8 Å². The molecule has 3 N–H and O–H groups in total. The molecule has 1 aromatic heterocycles. The Morgan fingerprint density at radius 2 is 1.77 bits per heavy atom. The van der Waals surface area contributed by atoms with Crippen LogP contribution in [0.5, 0.6) is 0 Å². The Labute approximate surface area is 177 Å². The lowest BCUT2D eigenvalue weighted by Gasteiger charge is -2.14. The molecule has 1 saturated carbocycles. The first kappa shape index (κ1) is 20.1. The first-order chi connectivity index (χ1) is 14.7. The summed E-state index contributed by atoms with van der Waals surface area (Å²) in [6, 6.07) is 17.7. The van der Waals surface area contributed by atoms with E-state index >= 15 is 0 Å². The molecule has 1 aliphatic rings. The summed E-state index contributed by atoms with van der Waals surface area (Å²) in [6.07, 6.45) is 8.70. The number of benzene rings is 2. The molecular weight excluding hydrogens is 372 g/mol. The molecule has 30 heavy (non-hydrogen) atoms. The van der Waals surface area contributed by atoms with E-state index in [1.807, 2.05) is 54.6 Å². The number of nitrogens with zero attached hydrogens (tertiary/aromatic N) is 2. The fourth-order valence-electron chi connectivity index (χ4n) is 4.05. The van der Waals surface area contributed by atoms with Gasteiger partial charge in [-0.05, 0) is 36.5 Å². The van der Waals surface area contributed by atoms with E-state index in [1.54, 1.807) is 6.20 Å². The number of amides is 1. The van der Waals surface area contributed by atoms with Gasteiger partial charge in [0.2, 0.25) is 5.91 Å². The van der Waals surface area contributed by atoms with Crippen molar-refractivity contribution in [2.75, 3.05) is 11.1 Å². The van der Waals surface area contributed by atoms with Gasteiger partial charge in [0.25, 0.3) is 0 Å². The number of nitrogens with one attached hydrogen (secondary N) is 1. The van der Waals surface area contributed by atoms with E-state index in [1.165, 1.54) is 25.7 Å². The van der Waals surface area contributed by atoms with Crippen molar-refractivity contribution in [2.45, 2.75) is 44.9 Å². The molecule has 0 atom stereocenters. The van der Waals surface area contributed by atoms with Gasteiger partial charge in [0.1, 0.15) is 0 Å². The average molecular weight is 401 g/mol. The van der Waals surface area contributed by atoms with Crippen LogP contribution in [-0.2, 0) is 17.6 Å². The van der Waals surface area contributed by atoms with E-state index in [0.29, 0.717) is 24.6 Å². The van der Waals surface area contributed by atoms with Crippen LogP contribution in [0.1, 0.15) is 43.4 Å². The van der Waals surface area contributed by atoms with Crippen LogP contribution in [0.4, 0.5) is 11.5 Å². The van der Waals surface area contributed by atoms with Gasteiger partial charge in [0.05, 0.1) is 17.6 Å². The van der Waals surface area contributed by atoms with Crippen LogP contribution >= 0.6 is 0 Å². The summed E-state index contributed by atoms with van der Waals surface area (Å²) < 4.78 is 0. The van der Waals surface area contributed by atoms with Crippen molar-refractivity contribution < 1.29 is 4.79 Å². The second kappa shape index (κ2) is 9.53. The molecule has 3 aromatic rings. The Balaban J connectivity index is 1.51. The minimum Gasteiger partial charge on any atom is -0.399 e. The first-order valence-electron chi connectivity index (χ1n) is 10.7. The number of nitrogens with two attached hydrogens (primary N) is 1. The molecular formula is C25H28N4O. The summed E-state index contributed by atoms with van der Waals surface area (Å²) in [7, 11) is 0. The molecule has 4 rings (SSSR count). The zero-order valence-electron chi connectivity index (χ0n) is 17.2. The standard InChI is InChI=1S/C25H28N4O/c26-21-13-11-20(12-14-21)23-17-27-25(22(28-23)16-19-8-4-5-9-19)29-24(30)15-10-18-6-2-1-3-7-18/h1-3,6-7,11-14,17,19H,4-5,8-10,15-16,26H2,(H,27,29,30). The highest BCUT2D eigenvalue weighted by molar-refractivity contribution is 5.90. The minimum atomic E-state index is -0.0268. The van der Waals surface area contributed by atoms with Gasteiger partial charge in [-0.1, -0.05) is 68.1 Å². The Kier molecular flexibility index (Phi) is 6.38. The van der Waals surface area contributed by atoms with Crippen molar-refractivity contribution in [1.82, 2.24) is 9.97 Å². The maximum atomic E-state index is 12.6. The summed E-state index contributed by atoms with van der Waals surface area (Å²) in [4.78, 5) is 22.1. The summed E-state index contributed by atoms with van der Waals surface area (Å²) in [5.41, 5.74) is 10.4. The Hall–Kier alpha value is -3.21. The van der Waals surface area contributed by atoms with E-state index in [4.69, 9.17) is 10.7 Å².